The third-order valence-electron chi connectivity index (χ3n) is 6.55. The van der Waals surface area contributed by atoms with Crippen molar-refractivity contribution >= 4 is 22.8 Å². The van der Waals surface area contributed by atoms with Crippen molar-refractivity contribution in [1.29, 1.82) is 0 Å². The van der Waals surface area contributed by atoms with Crippen LogP contribution in [0, 0.1) is 11.6 Å². The number of carbonyl (C=O) groups is 2. The monoisotopic (exact) mass is 518 g/mol. The summed E-state index contributed by atoms with van der Waals surface area (Å²) in [7, 11) is 0. The molecule has 0 N–H and O–H groups in total. The van der Waals surface area contributed by atoms with Crippen LogP contribution in [0.5, 0.6) is 0 Å². The van der Waals surface area contributed by atoms with Crippen LogP contribution in [-0.2, 0) is 17.9 Å². The fourth-order valence-corrected chi connectivity index (χ4v) is 4.16. The van der Waals surface area contributed by atoms with Gasteiger partial charge in [0.15, 0.2) is 5.43 Å². The van der Waals surface area contributed by atoms with E-state index >= 15 is 0 Å². The van der Waals surface area contributed by atoms with Gasteiger partial charge in [0.25, 0.3) is 5.91 Å². The zero-order chi connectivity index (χ0) is 27.2. The first-order valence-corrected chi connectivity index (χ1v) is 12.4. The minimum Gasteiger partial charge on any atom is -0.464 e. The summed E-state index contributed by atoms with van der Waals surface area (Å²) in [6, 6.07) is 17.8. The number of fused-ring (bicyclic) bond motifs is 1. The number of benzene rings is 3. The smallest absolute Gasteiger partial charge is 0.257 e. The lowest BCUT2D eigenvalue weighted by atomic mass is 10.1. The maximum Gasteiger partial charge on any atom is 0.257 e. The summed E-state index contributed by atoms with van der Waals surface area (Å²) in [5.74, 6) is -2.14. The minimum absolute atomic E-state index is 0.0631. The standard InChI is InChI=1S/C30H28F2N2O4/c1-3-20(2)34(30(37)24-8-4-6-10-26(24)32)18-28(35)33(16-21-12-14-23(31)15-13-21)17-22-19-38-27-11-7-5-9-25(27)29(22)36/h4-15,19-20H,3,16-18H2,1-2H3. The van der Waals surface area contributed by atoms with Crippen molar-refractivity contribution in [1.82, 2.24) is 9.80 Å². The molecule has 4 aromatic rings. The Kier molecular flexibility index (Phi) is 8.31. The van der Waals surface area contributed by atoms with Gasteiger partial charge in [-0.05, 0) is 55.3 Å². The van der Waals surface area contributed by atoms with E-state index in [0.717, 1.165) is 0 Å². The SMILES string of the molecule is CCC(C)N(CC(=O)N(Cc1ccc(F)cc1)Cc1coc2ccccc2c1=O)C(=O)c1ccccc1F. The van der Waals surface area contributed by atoms with Crippen molar-refractivity contribution in [2.75, 3.05) is 6.54 Å². The van der Waals surface area contributed by atoms with Gasteiger partial charge in [0.1, 0.15) is 23.8 Å². The lowest BCUT2D eigenvalue weighted by Gasteiger charge is -2.31. The molecule has 1 heterocycles. The highest BCUT2D eigenvalue weighted by Crippen LogP contribution is 2.18. The summed E-state index contributed by atoms with van der Waals surface area (Å²) in [5, 5.41) is 0.384. The Bertz CT molecular complexity index is 1500. The van der Waals surface area contributed by atoms with Crippen LogP contribution in [0.3, 0.4) is 0 Å². The number of amides is 2. The van der Waals surface area contributed by atoms with Gasteiger partial charge in [-0.25, -0.2) is 8.78 Å². The summed E-state index contributed by atoms with van der Waals surface area (Å²) in [4.78, 5) is 42.9. The van der Waals surface area contributed by atoms with E-state index in [1.165, 1.54) is 46.4 Å². The van der Waals surface area contributed by atoms with E-state index < -0.39 is 23.4 Å². The van der Waals surface area contributed by atoms with Gasteiger partial charge < -0.3 is 14.2 Å². The average Bonchev–Trinajstić information content (AvgIpc) is 2.93. The van der Waals surface area contributed by atoms with E-state index in [4.69, 9.17) is 4.42 Å². The second-order valence-corrected chi connectivity index (χ2v) is 9.13. The molecule has 1 aromatic heterocycles. The first-order valence-electron chi connectivity index (χ1n) is 12.4. The van der Waals surface area contributed by atoms with Crippen LogP contribution in [0.4, 0.5) is 8.78 Å². The molecule has 3 aromatic carbocycles. The Hall–Kier alpha value is -4.33. The Morgan fingerprint density at radius 1 is 0.921 bits per heavy atom. The van der Waals surface area contributed by atoms with Crippen molar-refractivity contribution in [2.45, 2.75) is 39.4 Å². The van der Waals surface area contributed by atoms with E-state index in [-0.39, 0.29) is 42.2 Å². The van der Waals surface area contributed by atoms with E-state index in [2.05, 4.69) is 0 Å². The molecule has 0 aliphatic heterocycles. The van der Waals surface area contributed by atoms with Gasteiger partial charge in [0.05, 0.1) is 29.3 Å². The van der Waals surface area contributed by atoms with Crippen molar-refractivity contribution in [3.63, 3.8) is 0 Å². The molecule has 6 nitrogen and oxygen atoms in total. The molecule has 0 aliphatic rings. The Balaban J connectivity index is 1.66. The van der Waals surface area contributed by atoms with E-state index in [1.54, 1.807) is 49.4 Å². The molecule has 0 aliphatic carbocycles. The third kappa shape index (κ3) is 5.96. The van der Waals surface area contributed by atoms with Gasteiger partial charge in [-0.3, -0.25) is 14.4 Å². The van der Waals surface area contributed by atoms with Crippen molar-refractivity contribution < 1.29 is 22.8 Å². The molecule has 2 amide bonds. The summed E-state index contributed by atoms with van der Waals surface area (Å²) < 4.78 is 33.6. The first kappa shape index (κ1) is 26.7. The van der Waals surface area contributed by atoms with Gasteiger partial charge in [0, 0.05) is 12.6 Å². The molecule has 0 saturated carbocycles. The molecule has 196 valence electrons. The van der Waals surface area contributed by atoms with Gasteiger partial charge >= 0.3 is 0 Å². The predicted molar refractivity (Wildman–Crippen MR) is 140 cm³/mol. The predicted octanol–water partition coefficient (Wildman–Crippen LogP) is 5.54. The van der Waals surface area contributed by atoms with Crippen molar-refractivity contribution in [3.05, 3.63) is 118 Å². The number of carbonyl (C=O) groups excluding carboxylic acids is 2. The number of para-hydroxylation sites is 1. The van der Waals surface area contributed by atoms with E-state index in [9.17, 15) is 23.2 Å². The number of halogens is 2. The molecule has 0 spiro atoms. The molecule has 0 fully saturated rings. The van der Waals surface area contributed by atoms with Gasteiger partial charge in [0.2, 0.25) is 5.91 Å². The summed E-state index contributed by atoms with van der Waals surface area (Å²) in [6.45, 7) is 3.29. The maximum atomic E-state index is 14.4. The molecule has 0 bridgehead atoms. The molecule has 38 heavy (non-hydrogen) atoms. The van der Waals surface area contributed by atoms with Gasteiger partial charge in [-0.15, -0.1) is 0 Å². The fourth-order valence-electron chi connectivity index (χ4n) is 4.16. The quantitative estimate of drug-likeness (QED) is 0.292. The van der Waals surface area contributed by atoms with Crippen LogP contribution < -0.4 is 5.43 Å². The number of hydrogen-bond donors (Lipinski definition) is 0. The van der Waals surface area contributed by atoms with Crippen LogP contribution >= 0.6 is 0 Å². The van der Waals surface area contributed by atoms with Crippen LogP contribution in [0.2, 0.25) is 0 Å². The zero-order valence-corrected chi connectivity index (χ0v) is 21.2. The molecule has 8 heteroatoms. The average molecular weight is 519 g/mol. The van der Waals surface area contributed by atoms with Crippen molar-refractivity contribution in [3.8, 4) is 0 Å². The number of rotatable bonds is 9. The van der Waals surface area contributed by atoms with Gasteiger partial charge in [-0.2, -0.15) is 0 Å². The first-order chi connectivity index (χ1) is 18.3. The molecule has 1 atom stereocenters. The fraction of sp³-hybridized carbons (Fsp3) is 0.233. The van der Waals surface area contributed by atoms with Crippen LogP contribution in [-0.4, -0.2) is 34.2 Å². The molecule has 0 radical (unpaired) electrons. The molecule has 1 unspecified atom stereocenters. The molecular formula is C30H28F2N2O4. The highest BCUT2D eigenvalue weighted by Gasteiger charge is 2.28. The summed E-state index contributed by atoms with van der Waals surface area (Å²) >= 11 is 0. The zero-order valence-electron chi connectivity index (χ0n) is 21.2. The third-order valence-corrected chi connectivity index (χ3v) is 6.55. The lowest BCUT2D eigenvalue weighted by molar-refractivity contribution is -0.133. The van der Waals surface area contributed by atoms with E-state index in [1.807, 2.05) is 6.92 Å². The van der Waals surface area contributed by atoms with Crippen LogP contribution in [0.15, 0.2) is 88.3 Å². The maximum absolute atomic E-state index is 14.4. The topological polar surface area (TPSA) is 70.8 Å². The Labute approximate surface area is 219 Å². The van der Waals surface area contributed by atoms with Crippen molar-refractivity contribution in [2.24, 2.45) is 0 Å². The van der Waals surface area contributed by atoms with Gasteiger partial charge in [-0.1, -0.05) is 43.3 Å². The number of nitrogens with zero attached hydrogens (tertiary/aromatic N) is 2. The Morgan fingerprint density at radius 2 is 1.61 bits per heavy atom. The summed E-state index contributed by atoms with van der Waals surface area (Å²) in [6.07, 6.45) is 1.87. The largest absolute Gasteiger partial charge is 0.464 e. The Morgan fingerprint density at radius 3 is 2.32 bits per heavy atom. The van der Waals surface area contributed by atoms with Crippen LogP contribution in [0.1, 0.15) is 41.8 Å². The molecule has 0 saturated heterocycles. The number of hydrogen-bond acceptors (Lipinski definition) is 4. The van der Waals surface area contributed by atoms with E-state index in [0.29, 0.717) is 23.0 Å². The minimum atomic E-state index is -0.671. The molecule has 4 rings (SSSR count). The normalized spacial score (nSPS) is 11.8. The van der Waals surface area contributed by atoms with Crippen LogP contribution in [0.25, 0.3) is 11.0 Å². The lowest BCUT2D eigenvalue weighted by Crippen LogP contribution is -2.46. The highest BCUT2D eigenvalue weighted by molar-refractivity contribution is 5.97. The second-order valence-electron chi connectivity index (χ2n) is 9.13. The molecular weight excluding hydrogens is 490 g/mol. The highest BCUT2D eigenvalue weighted by atomic mass is 19.1. The second kappa shape index (κ2) is 11.8. The summed E-state index contributed by atoms with van der Waals surface area (Å²) in [5.41, 5.74) is 0.928.